The van der Waals surface area contributed by atoms with Crippen LogP contribution in [0, 0.1) is 0 Å². The molecule has 0 saturated carbocycles. The highest BCUT2D eigenvalue weighted by Gasteiger charge is 2.51. The summed E-state index contributed by atoms with van der Waals surface area (Å²) in [5, 5.41) is 0. The van der Waals surface area contributed by atoms with Gasteiger partial charge in [-0.1, -0.05) is 182 Å². The van der Waals surface area contributed by atoms with Gasteiger partial charge in [0.1, 0.15) is 0 Å². The average Bonchev–Trinajstić information content (AvgIpc) is 3.59. The summed E-state index contributed by atoms with van der Waals surface area (Å²) < 4.78 is 0. The first-order valence-corrected chi connectivity index (χ1v) is 19.6. The number of carbonyl (C=O) groups excluding carboxylic acids is 1. The maximum absolute atomic E-state index is 15.3. The molecule has 0 radical (unpaired) electrons. The van der Waals surface area contributed by atoms with Gasteiger partial charge in [0.2, 0.25) is 0 Å². The summed E-state index contributed by atoms with van der Waals surface area (Å²) in [6, 6.07) is 77.7. The SMILES string of the molecule is O=C1c2cc(-c3cccc(-c4ccccc4)c3)ccc2C2(c3ccc(-c4cc(-c5ccccc5)cc(-c5ccccc5)c4)cc31)c1ccccc1-c1ccccc12. The quantitative estimate of drug-likeness (QED) is 0.173. The molecule has 1 nitrogen and oxygen atoms in total. The number of fused-ring (bicyclic) bond motifs is 9. The predicted octanol–water partition coefficient (Wildman–Crippen LogP) is 13.9. The molecule has 2 aliphatic rings. The van der Waals surface area contributed by atoms with E-state index in [2.05, 4.69) is 212 Å². The van der Waals surface area contributed by atoms with Crippen LogP contribution in [0.2, 0.25) is 0 Å². The van der Waals surface area contributed by atoms with Crippen molar-refractivity contribution >= 4 is 5.78 Å². The van der Waals surface area contributed by atoms with Crippen LogP contribution in [0.1, 0.15) is 38.2 Å². The first-order valence-electron chi connectivity index (χ1n) is 19.6. The van der Waals surface area contributed by atoms with E-state index in [0.29, 0.717) is 0 Å². The van der Waals surface area contributed by atoms with Gasteiger partial charge in [-0.05, 0) is 125 Å². The molecule has 0 unspecified atom stereocenters. The highest BCUT2D eigenvalue weighted by molar-refractivity contribution is 6.16. The second-order valence-electron chi connectivity index (χ2n) is 15.2. The van der Waals surface area contributed by atoms with Gasteiger partial charge in [-0.25, -0.2) is 0 Å². The van der Waals surface area contributed by atoms with Crippen molar-refractivity contribution in [3.8, 4) is 66.8 Å². The second-order valence-corrected chi connectivity index (χ2v) is 15.2. The number of ketones is 1. The molecule has 0 N–H and O–H groups in total. The molecule has 1 heteroatoms. The maximum Gasteiger partial charge on any atom is 0.193 e. The standard InChI is InChI=1S/C56H36O/c57-55-49-35-42(41-22-14-21-40(31-41)37-15-4-1-5-16-37)27-29-53(49)56(51-25-12-10-23-47(51)48-24-11-13-26-52(48)56)54-30-28-43(36-50(54)55)46-33-44(38-17-6-2-7-18-38)32-45(34-46)39-19-8-3-9-20-39/h1-36H. The Bertz CT molecular complexity index is 2910. The van der Waals surface area contributed by atoms with Crippen LogP contribution in [-0.2, 0) is 5.41 Å². The smallest absolute Gasteiger partial charge is 0.193 e. The van der Waals surface area contributed by atoms with Crippen LogP contribution in [0.15, 0.2) is 218 Å². The molecule has 9 aromatic rings. The molecule has 266 valence electrons. The van der Waals surface area contributed by atoms with Crippen molar-refractivity contribution in [1.29, 1.82) is 0 Å². The Balaban J connectivity index is 1.14. The van der Waals surface area contributed by atoms with E-state index in [1.807, 2.05) is 6.07 Å². The molecule has 0 fully saturated rings. The van der Waals surface area contributed by atoms with Gasteiger partial charge < -0.3 is 0 Å². The highest BCUT2D eigenvalue weighted by Crippen LogP contribution is 2.59. The minimum atomic E-state index is -0.657. The van der Waals surface area contributed by atoms with E-state index in [1.54, 1.807) is 0 Å². The summed E-state index contributed by atoms with van der Waals surface area (Å²) in [5.41, 5.74) is 18.8. The first kappa shape index (κ1) is 33.0. The first-order chi connectivity index (χ1) is 28.2. The Morgan fingerprint density at radius 3 is 1.04 bits per heavy atom. The fourth-order valence-corrected chi connectivity index (χ4v) is 9.48. The van der Waals surface area contributed by atoms with Crippen molar-refractivity contribution in [3.63, 3.8) is 0 Å². The maximum atomic E-state index is 15.3. The van der Waals surface area contributed by atoms with Gasteiger partial charge in [0.05, 0.1) is 5.41 Å². The molecule has 0 saturated heterocycles. The molecule has 0 aliphatic heterocycles. The zero-order valence-electron chi connectivity index (χ0n) is 31.2. The zero-order chi connectivity index (χ0) is 37.9. The molecule has 0 heterocycles. The van der Waals surface area contributed by atoms with E-state index < -0.39 is 5.41 Å². The minimum Gasteiger partial charge on any atom is -0.289 e. The topological polar surface area (TPSA) is 17.1 Å². The lowest BCUT2D eigenvalue weighted by Crippen LogP contribution is -2.36. The lowest BCUT2D eigenvalue weighted by Gasteiger charge is -2.40. The lowest BCUT2D eigenvalue weighted by atomic mass is 9.61. The lowest BCUT2D eigenvalue weighted by molar-refractivity contribution is 0.103. The minimum absolute atomic E-state index is 0.0536. The normalized spacial score (nSPS) is 13.1. The van der Waals surface area contributed by atoms with Crippen molar-refractivity contribution in [1.82, 2.24) is 0 Å². The van der Waals surface area contributed by atoms with Crippen LogP contribution < -0.4 is 0 Å². The van der Waals surface area contributed by atoms with Gasteiger partial charge in [-0.15, -0.1) is 0 Å². The van der Waals surface area contributed by atoms with Crippen LogP contribution >= 0.6 is 0 Å². The monoisotopic (exact) mass is 724 g/mol. The molecule has 2 aliphatic carbocycles. The van der Waals surface area contributed by atoms with Gasteiger partial charge in [-0.3, -0.25) is 4.79 Å². The molecular weight excluding hydrogens is 689 g/mol. The fourth-order valence-electron chi connectivity index (χ4n) is 9.48. The van der Waals surface area contributed by atoms with Gasteiger partial charge in [0, 0.05) is 11.1 Å². The van der Waals surface area contributed by atoms with Crippen LogP contribution in [-0.4, -0.2) is 5.78 Å². The van der Waals surface area contributed by atoms with E-state index in [1.165, 1.54) is 27.8 Å². The van der Waals surface area contributed by atoms with E-state index >= 15 is 4.79 Å². The molecular formula is C56H36O. The van der Waals surface area contributed by atoms with Crippen molar-refractivity contribution in [2.75, 3.05) is 0 Å². The Morgan fingerprint density at radius 2 is 0.544 bits per heavy atom. The molecule has 0 bridgehead atoms. The highest BCUT2D eigenvalue weighted by atomic mass is 16.1. The Hall–Kier alpha value is -7.35. The molecule has 0 amide bonds. The summed E-state index contributed by atoms with van der Waals surface area (Å²) in [5.74, 6) is 0.0536. The third-order valence-corrected chi connectivity index (χ3v) is 12.1. The van der Waals surface area contributed by atoms with Crippen molar-refractivity contribution in [3.05, 3.63) is 252 Å². The van der Waals surface area contributed by atoms with E-state index in [9.17, 15) is 0 Å². The Morgan fingerprint density at radius 1 is 0.228 bits per heavy atom. The molecule has 11 rings (SSSR count). The van der Waals surface area contributed by atoms with Crippen LogP contribution in [0.3, 0.4) is 0 Å². The van der Waals surface area contributed by atoms with Gasteiger partial charge >= 0.3 is 0 Å². The third kappa shape index (κ3) is 5.20. The van der Waals surface area contributed by atoms with Gasteiger partial charge in [0.25, 0.3) is 0 Å². The van der Waals surface area contributed by atoms with Crippen LogP contribution in [0.5, 0.6) is 0 Å². The molecule has 0 aromatic heterocycles. The van der Waals surface area contributed by atoms with Gasteiger partial charge in [-0.2, -0.15) is 0 Å². The molecule has 57 heavy (non-hydrogen) atoms. The van der Waals surface area contributed by atoms with Crippen LogP contribution in [0.25, 0.3) is 66.8 Å². The van der Waals surface area contributed by atoms with Crippen molar-refractivity contribution in [2.45, 2.75) is 5.41 Å². The van der Waals surface area contributed by atoms with Crippen molar-refractivity contribution in [2.24, 2.45) is 0 Å². The van der Waals surface area contributed by atoms with E-state index in [0.717, 1.165) is 72.3 Å². The molecule has 9 aromatic carbocycles. The zero-order valence-corrected chi connectivity index (χ0v) is 31.2. The molecule has 1 spiro atoms. The fraction of sp³-hybridized carbons (Fsp3) is 0.0179. The van der Waals surface area contributed by atoms with E-state index in [4.69, 9.17) is 0 Å². The predicted molar refractivity (Wildman–Crippen MR) is 234 cm³/mol. The number of rotatable bonds is 5. The summed E-state index contributed by atoms with van der Waals surface area (Å²) in [6.45, 7) is 0. The summed E-state index contributed by atoms with van der Waals surface area (Å²) in [6.07, 6.45) is 0. The number of benzene rings is 9. The Labute approximate surface area is 333 Å². The number of hydrogen-bond donors (Lipinski definition) is 0. The van der Waals surface area contributed by atoms with Crippen LogP contribution in [0.4, 0.5) is 0 Å². The average molecular weight is 725 g/mol. The van der Waals surface area contributed by atoms with Crippen molar-refractivity contribution < 1.29 is 4.79 Å². The summed E-state index contributed by atoms with van der Waals surface area (Å²) >= 11 is 0. The third-order valence-electron chi connectivity index (χ3n) is 12.1. The second kappa shape index (κ2) is 13.2. The largest absolute Gasteiger partial charge is 0.289 e. The number of hydrogen-bond acceptors (Lipinski definition) is 1. The summed E-state index contributed by atoms with van der Waals surface area (Å²) in [4.78, 5) is 15.3. The molecule has 0 atom stereocenters. The number of carbonyl (C=O) groups is 1. The Kier molecular flexibility index (Phi) is 7.62. The van der Waals surface area contributed by atoms with Gasteiger partial charge in [0.15, 0.2) is 5.78 Å². The van der Waals surface area contributed by atoms with E-state index in [-0.39, 0.29) is 5.78 Å². The summed E-state index contributed by atoms with van der Waals surface area (Å²) in [7, 11) is 0.